The van der Waals surface area contributed by atoms with Gasteiger partial charge in [-0.1, -0.05) is 24.3 Å². The van der Waals surface area contributed by atoms with Gasteiger partial charge in [0.15, 0.2) is 0 Å². The molecule has 0 aliphatic carbocycles. The minimum Gasteiger partial charge on any atom is -0.480 e. The van der Waals surface area contributed by atoms with E-state index in [1.54, 1.807) is 0 Å². The number of hydrogen-bond acceptors (Lipinski definition) is 1. The summed E-state index contributed by atoms with van der Waals surface area (Å²) in [5.41, 5.74) is 5.15. The summed E-state index contributed by atoms with van der Waals surface area (Å²) in [6.45, 7) is 4.21. The average molecular weight is 323 g/mol. The van der Waals surface area contributed by atoms with Crippen LogP contribution in [-0.4, -0.2) is 40.3 Å². The van der Waals surface area contributed by atoms with Crippen molar-refractivity contribution in [3.8, 4) is 0 Å². The number of carboxylic acids is 1. The molecule has 0 spiro atoms. The van der Waals surface area contributed by atoms with E-state index in [2.05, 4.69) is 42.8 Å². The highest BCUT2D eigenvalue weighted by Crippen LogP contribution is 2.55. The fraction of sp³-hybridized carbons (Fsp3) is 0.450. The van der Waals surface area contributed by atoms with Gasteiger partial charge in [-0.3, -0.25) is 0 Å². The molecule has 124 valence electrons. The second-order valence-corrected chi connectivity index (χ2v) is 7.87. The second-order valence-electron chi connectivity index (χ2n) is 7.87. The van der Waals surface area contributed by atoms with Crippen molar-refractivity contribution in [3.63, 3.8) is 0 Å². The molecular weight excluding hydrogens is 300 g/mol. The van der Waals surface area contributed by atoms with Gasteiger partial charge in [-0.2, -0.15) is 0 Å². The molecule has 0 saturated carbocycles. The number of hydrogen-bond donors (Lipinski definition) is 1. The molecule has 1 N–H and O–H groups in total. The van der Waals surface area contributed by atoms with Crippen LogP contribution in [0, 0.1) is 5.92 Å². The van der Waals surface area contributed by atoms with Gasteiger partial charge in [-0.05, 0) is 24.1 Å². The van der Waals surface area contributed by atoms with Crippen LogP contribution < -0.4 is 0 Å². The molecule has 24 heavy (non-hydrogen) atoms. The SMILES string of the molecule is C/C=C1/C[N+]2(C)CCc3c4n(c5ccccc35)C(C(=O)O)C1CC42. The Hall–Kier alpha value is -2.07. The van der Waals surface area contributed by atoms with Crippen molar-refractivity contribution in [2.45, 2.75) is 31.8 Å². The zero-order valence-corrected chi connectivity index (χ0v) is 14.2. The lowest BCUT2D eigenvalue weighted by atomic mass is 9.73. The van der Waals surface area contributed by atoms with Gasteiger partial charge in [-0.25, -0.2) is 4.79 Å². The third-order valence-electron chi connectivity index (χ3n) is 6.78. The van der Waals surface area contributed by atoms with E-state index in [1.165, 1.54) is 22.2 Å². The van der Waals surface area contributed by atoms with Gasteiger partial charge in [0.1, 0.15) is 18.6 Å². The summed E-state index contributed by atoms with van der Waals surface area (Å²) in [5.74, 6) is -0.569. The Balaban J connectivity index is 1.91. The summed E-state index contributed by atoms with van der Waals surface area (Å²) >= 11 is 0. The molecule has 1 aromatic heterocycles. The number of nitrogens with zero attached hydrogens (tertiary/aromatic N) is 2. The number of rotatable bonds is 1. The third-order valence-corrected chi connectivity index (χ3v) is 6.78. The standard InChI is InChI=1S/C20H22N2O2/c1-3-12-11-22(2)9-8-14-13-6-4-5-7-16(13)21-18(14)17(22)10-15(12)19(21)20(23)24/h3-7,15,17,19H,8-11H2,1-2H3/p+1/b12-3-. The summed E-state index contributed by atoms with van der Waals surface area (Å²) in [7, 11) is 2.36. The second kappa shape index (κ2) is 4.51. The van der Waals surface area contributed by atoms with Crippen molar-refractivity contribution >= 4 is 16.9 Å². The smallest absolute Gasteiger partial charge is 0.327 e. The monoisotopic (exact) mass is 323 g/mol. The molecule has 1 saturated heterocycles. The number of aliphatic carboxylic acids is 1. The number of carboxylic acid groups (broad SMARTS) is 1. The van der Waals surface area contributed by atoms with Crippen molar-refractivity contribution in [1.82, 2.24) is 4.57 Å². The molecule has 4 nitrogen and oxygen atoms in total. The minimum absolute atomic E-state index is 0.123. The number of carbonyl (C=O) groups is 1. The molecule has 4 heterocycles. The molecule has 2 aromatic rings. The number of piperidine rings is 1. The van der Waals surface area contributed by atoms with E-state index in [0.717, 1.165) is 35.9 Å². The lowest BCUT2D eigenvalue weighted by Crippen LogP contribution is -2.59. The summed E-state index contributed by atoms with van der Waals surface area (Å²) in [4.78, 5) is 12.3. The first kappa shape index (κ1) is 14.3. The van der Waals surface area contributed by atoms with Crippen LogP contribution in [0.4, 0.5) is 0 Å². The van der Waals surface area contributed by atoms with Gasteiger partial charge in [0, 0.05) is 29.7 Å². The average Bonchev–Trinajstić information content (AvgIpc) is 2.90. The molecule has 0 radical (unpaired) electrons. The molecular formula is C20H23N2O2+. The molecule has 3 aliphatic heterocycles. The number of quaternary nitrogens is 1. The highest BCUT2D eigenvalue weighted by atomic mass is 16.4. The highest BCUT2D eigenvalue weighted by molar-refractivity contribution is 5.89. The first-order chi connectivity index (χ1) is 11.5. The van der Waals surface area contributed by atoms with Crippen molar-refractivity contribution in [2.75, 3.05) is 20.1 Å². The molecule has 5 rings (SSSR count). The summed E-state index contributed by atoms with van der Waals surface area (Å²) in [6, 6.07) is 8.35. The predicted octanol–water partition coefficient (Wildman–Crippen LogP) is 3.29. The summed E-state index contributed by atoms with van der Waals surface area (Å²) in [6.07, 6.45) is 4.19. The van der Waals surface area contributed by atoms with E-state index in [-0.39, 0.29) is 5.92 Å². The lowest BCUT2D eigenvalue weighted by Gasteiger charge is -2.54. The zero-order chi connectivity index (χ0) is 16.6. The van der Waals surface area contributed by atoms with E-state index >= 15 is 0 Å². The Labute approximate surface area is 141 Å². The maximum absolute atomic E-state index is 12.3. The largest absolute Gasteiger partial charge is 0.480 e. The molecule has 4 heteroatoms. The van der Waals surface area contributed by atoms with Crippen molar-refractivity contribution < 1.29 is 14.4 Å². The molecule has 4 unspecified atom stereocenters. The Kier molecular flexibility index (Phi) is 2.69. The van der Waals surface area contributed by atoms with Crippen molar-refractivity contribution in [1.29, 1.82) is 0 Å². The van der Waals surface area contributed by atoms with Crippen LogP contribution >= 0.6 is 0 Å². The van der Waals surface area contributed by atoms with Crippen LogP contribution in [0.25, 0.3) is 10.9 Å². The number of para-hydroxylation sites is 1. The fourth-order valence-electron chi connectivity index (χ4n) is 5.68. The van der Waals surface area contributed by atoms with Gasteiger partial charge in [0.2, 0.25) is 0 Å². The fourth-order valence-corrected chi connectivity index (χ4v) is 5.68. The van der Waals surface area contributed by atoms with Crippen LogP contribution in [0.15, 0.2) is 35.9 Å². The number of fused-ring (bicyclic) bond motifs is 4. The number of allylic oxidation sites excluding steroid dienone is 1. The normalized spacial score (nSPS) is 35.4. The summed E-state index contributed by atoms with van der Waals surface area (Å²) < 4.78 is 3.22. The van der Waals surface area contributed by atoms with Gasteiger partial charge in [-0.15, -0.1) is 0 Å². The Morgan fingerprint density at radius 3 is 2.92 bits per heavy atom. The van der Waals surface area contributed by atoms with Crippen molar-refractivity contribution in [3.05, 3.63) is 47.2 Å². The van der Waals surface area contributed by atoms with E-state index in [9.17, 15) is 9.90 Å². The van der Waals surface area contributed by atoms with E-state index in [1.807, 2.05) is 6.07 Å². The van der Waals surface area contributed by atoms with Crippen LogP contribution in [0.3, 0.4) is 0 Å². The molecule has 0 amide bonds. The first-order valence-corrected chi connectivity index (χ1v) is 8.89. The van der Waals surface area contributed by atoms with E-state index in [0.29, 0.717) is 6.04 Å². The third kappa shape index (κ3) is 1.55. The predicted molar refractivity (Wildman–Crippen MR) is 92.8 cm³/mol. The Morgan fingerprint density at radius 1 is 1.38 bits per heavy atom. The Bertz CT molecular complexity index is 910. The number of likely N-dealkylation sites (N-methyl/N-ethyl adjacent to an activating group) is 1. The molecule has 2 bridgehead atoms. The molecule has 1 fully saturated rings. The van der Waals surface area contributed by atoms with Gasteiger partial charge in [0.05, 0.1) is 19.3 Å². The quantitative estimate of drug-likeness (QED) is 0.646. The van der Waals surface area contributed by atoms with Crippen LogP contribution in [0.1, 0.15) is 36.7 Å². The van der Waals surface area contributed by atoms with Crippen LogP contribution in [0.5, 0.6) is 0 Å². The van der Waals surface area contributed by atoms with Crippen LogP contribution in [-0.2, 0) is 11.2 Å². The molecule has 4 atom stereocenters. The van der Waals surface area contributed by atoms with E-state index in [4.69, 9.17) is 0 Å². The molecule has 1 aromatic carbocycles. The highest BCUT2D eigenvalue weighted by Gasteiger charge is 2.55. The molecule has 3 aliphatic rings. The van der Waals surface area contributed by atoms with E-state index < -0.39 is 12.0 Å². The zero-order valence-electron chi connectivity index (χ0n) is 14.2. The van der Waals surface area contributed by atoms with Gasteiger partial charge < -0.3 is 14.2 Å². The van der Waals surface area contributed by atoms with Crippen molar-refractivity contribution in [2.24, 2.45) is 5.92 Å². The van der Waals surface area contributed by atoms with Gasteiger partial charge in [0.25, 0.3) is 0 Å². The van der Waals surface area contributed by atoms with Gasteiger partial charge >= 0.3 is 5.97 Å². The number of benzene rings is 1. The number of aromatic nitrogens is 1. The van der Waals surface area contributed by atoms with Crippen LogP contribution in [0.2, 0.25) is 0 Å². The summed E-state index contributed by atoms with van der Waals surface area (Å²) in [5, 5.41) is 11.3. The minimum atomic E-state index is -0.692. The lowest BCUT2D eigenvalue weighted by molar-refractivity contribution is -0.943. The topological polar surface area (TPSA) is 42.2 Å². The first-order valence-electron chi connectivity index (χ1n) is 8.89. The Morgan fingerprint density at radius 2 is 2.17 bits per heavy atom. The maximum Gasteiger partial charge on any atom is 0.327 e. The maximum atomic E-state index is 12.3.